The molecule has 0 radical (unpaired) electrons. The van der Waals surface area contributed by atoms with Crippen LogP contribution >= 0.6 is 11.3 Å². The number of thiazole rings is 1. The van der Waals surface area contributed by atoms with Gasteiger partial charge in [0.05, 0.1) is 24.8 Å². The molecule has 0 aliphatic heterocycles. The number of nitrogens with zero attached hydrogens (tertiary/aromatic N) is 1. The van der Waals surface area contributed by atoms with E-state index in [1.165, 1.54) is 0 Å². The summed E-state index contributed by atoms with van der Waals surface area (Å²) in [5.41, 5.74) is 1.86. The Labute approximate surface area is 129 Å². The Morgan fingerprint density at radius 1 is 1.38 bits per heavy atom. The van der Waals surface area contributed by atoms with Gasteiger partial charge in [-0.2, -0.15) is 0 Å². The summed E-state index contributed by atoms with van der Waals surface area (Å²) in [6, 6.07) is 7.94. The zero-order valence-corrected chi connectivity index (χ0v) is 13.6. The summed E-state index contributed by atoms with van der Waals surface area (Å²) < 4.78 is 5.37. The van der Waals surface area contributed by atoms with Crippen LogP contribution in [0, 0.1) is 6.92 Å². The lowest BCUT2D eigenvalue weighted by Crippen LogP contribution is -2.31. The standard InChI is InChI=1S/C16H20N2O2S/c1-10(2)17-15(19)9-14-11(3)18-16(21-14)12-7-5-6-8-13(12)20-4/h5-8,10H,9H2,1-4H3,(H,17,19). The minimum atomic E-state index is 0.0309. The molecule has 0 atom stereocenters. The van der Waals surface area contributed by atoms with Gasteiger partial charge in [0, 0.05) is 10.9 Å². The molecule has 1 aromatic carbocycles. The summed E-state index contributed by atoms with van der Waals surface area (Å²) >= 11 is 1.55. The molecule has 0 bridgehead atoms. The zero-order chi connectivity index (χ0) is 15.4. The molecule has 112 valence electrons. The number of hydrogen-bond acceptors (Lipinski definition) is 4. The largest absolute Gasteiger partial charge is 0.496 e. The van der Waals surface area contributed by atoms with Gasteiger partial charge in [0.25, 0.3) is 0 Å². The van der Waals surface area contributed by atoms with Crippen molar-refractivity contribution in [3.63, 3.8) is 0 Å². The fourth-order valence-corrected chi connectivity index (χ4v) is 3.14. The molecule has 0 spiro atoms. The minimum absolute atomic E-state index is 0.0309. The van der Waals surface area contributed by atoms with Crippen molar-refractivity contribution in [1.82, 2.24) is 10.3 Å². The molecule has 1 aromatic heterocycles. The van der Waals surface area contributed by atoms with Gasteiger partial charge in [-0.25, -0.2) is 4.98 Å². The van der Waals surface area contributed by atoms with Gasteiger partial charge in [0.1, 0.15) is 10.8 Å². The van der Waals surface area contributed by atoms with Crippen LogP contribution in [-0.4, -0.2) is 24.0 Å². The van der Waals surface area contributed by atoms with Crippen molar-refractivity contribution in [2.45, 2.75) is 33.2 Å². The van der Waals surface area contributed by atoms with E-state index in [4.69, 9.17) is 4.74 Å². The number of carbonyl (C=O) groups excluding carboxylic acids is 1. The topological polar surface area (TPSA) is 51.2 Å². The lowest BCUT2D eigenvalue weighted by Gasteiger charge is -2.07. The van der Waals surface area contributed by atoms with Crippen molar-refractivity contribution in [3.05, 3.63) is 34.8 Å². The Balaban J connectivity index is 2.25. The second kappa shape index (κ2) is 6.72. The summed E-state index contributed by atoms with van der Waals surface area (Å²) in [7, 11) is 1.65. The highest BCUT2D eigenvalue weighted by Crippen LogP contribution is 2.34. The van der Waals surface area contributed by atoms with Gasteiger partial charge in [-0.3, -0.25) is 4.79 Å². The highest BCUT2D eigenvalue weighted by Gasteiger charge is 2.15. The molecular formula is C16H20N2O2S. The van der Waals surface area contributed by atoms with Crippen molar-refractivity contribution >= 4 is 17.2 Å². The number of methoxy groups -OCH3 is 1. The molecular weight excluding hydrogens is 284 g/mol. The van der Waals surface area contributed by atoms with E-state index < -0.39 is 0 Å². The Hall–Kier alpha value is -1.88. The SMILES string of the molecule is COc1ccccc1-c1nc(C)c(CC(=O)NC(C)C)s1. The molecule has 0 aliphatic rings. The number of amides is 1. The molecule has 0 unspecified atom stereocenters. The first-order valence-corrected chi connectivity index (χ1v) is 7.72. The molecule has 0 saturated carbocycles. The number of carbonyl (C=O) groups is 1. The number of nitrogens with one attached hydrogen (secondary N) is 1. The number of para-hydroxylation sites is 1. The van der Waals surface area contributed by atoms with Crippen molar-refractivity contribution in [2.24, 2.45) is 0 Å². The van der Waals surface area contributed by atoms with Crippen LogP contribution in [0.5, 0.6) is 5.75 Å². The van der Waals surface area contributed by atoms with Gasteiger partial charge >= 0.3 is 0 Å². The number of hydrogen-bond donors (Lipinski definition) is 1. The molecule has 1 heterocycles. The fourth-order valence-electron chi connectivity index (χ4n) is 2.05. The van der Waals surface area contributed by atoms with Crippen LogP contribution in [-0.2, 0) is 11.2 Å². The summed E-state index contributed by atoms with van der Waals surface area (Å²) in [6.45, 7) is 5.85. The van der Waals surface area contributed by atoms with Gasteiger partial charge < -0.3 is 10.1 Å². The van der Waals surface area contributed by atoms with E-state index in [-0.39, 0.29) is 11.9 Å². The van der Waals surface area contributed by atoms with Crippen LogP contribution in [0.2, 0.25) is 0 Å². The van der Waals surface area contributed by atoms with Gasteiger partial charge in [-0.1, -0.05) is 12.1 Å². The summed E-state index contributed by atoms with van der Waals surface area (Å²) in [5, 5.41) is 3.79. The molecule has 2 rings (SSSR count). The third-order valence-electron chi connectivity index (χ3n) is 3.00. The first kappa shape index (κ1) is 15.5. The van der Waals surface area contributed by atoms with Crippen LogP contribution in [0.15, 0.2) is 24.3 Å². The number of rotatable bonds is 5. The van der Waals surface area contributed by atoms with Crippen molar-refractivity contribution in [1.29, 1.82) is 0 Å². The monoisotopic (exact) mass is 304 g/mol. The third-order valence-corrected chi connectivity index (χ3v) is 4.19. The average Bonchev–Trinajstić information content (AvgIpc) is 2.79. The predicted octanol–water partition coefficient (Wildman–Crippen LogP) is 3.19. The number of benzene rings is 1. The van der Waals surface area contributed by atoms with E-state index in [9.17, 15) is 4.79 Å². The van der Waals surface area contributed by atoms with Gasteiger partial charge in [0.15, 0.2) is 0 Å². The van der Waals surface area contributed by atoms with Gasteiger partial charge in [-0.05, 0) is 32.9 Å². The normalized spacial score (nSPS) is 10.7. The van der Waals surface area contributed by atoms with Gasteiger partial charge in [-0.15, -0.1) is 11.3 Å². The maximum absolute atomic E-state index is 11.9. The molecule has 5 heteroatoms. The van der Waals surface area contributed by atoms with E-state index in [1.54, 1.807) is 18.4 Å². The van der Waals surface area contributed by atoms with Crippen LogP contribution in [0.1, 0.15) is 24.4 Å². The van der Waals surface area contributed by atoms with Crippen LogP contribution < -0.4 is 10.1 Å². The van der Waals surface area contributed by atoms with E-state index in [1.807, 2.05) is 45.0 Å². The van der Waals surface area contributed by atoms with E-state index >= 15 is 0 Å². The van der Waals surface area contributed by atoms with Crippen LogP contribution in [0.4, 0.5) is 0 Å². The lowest BCUT2D eigenvalue weighted by atomic mass is 10.2. The molecule has 0 aliphatic carbocycles. The third kappa shape index (κ3) is 3.82. The quantitative estimate of drug-likeness (QED) is 0.923. The summed E-state index contributed by atoms with van der Waals surface area (Å²) in [5.74, 6) is 0.827. The smallest absolute Gasteiger partial charge is 0.225 e. The second-order valence-corrected chi connectivity index (χ2v) is 6.21. The lowest BCUT2D eigenvalue weighted by molar-refractivity contribution is -0.120. The Bertz CT molecular complexity index is 635. The number of ether oxygens (including phenoxy) is 1. The van der Waals surface area contributed by atoms with Crippen LogP contribution in [0.3, 0.4) is 0 Å². The molecule has 4 nitrogen and oxygen atoms in total. The molecule has 1 amide bonds. The average molecular weight is 304 g/mol. The highest BCUT2D eigenvalue weighted by molar-refractivity contribution is 7.15. The van der Waals surface area contributed by atoms with Crippen molar-refractivity contribution in [2.75, 3.05) is 7.11 Å². The second-order valence-electron chi connectivity index (χ2n) is 5.13. The van der Waals surface area contributed by atoms with Crippen molar-refractivity contribution in [3.8, 4) is 16.3 Å². The molecule has 0 saturated heterocycles. The minimum Gasteiger partial charge on any atom is -0.496 e. The first-order valence-electron chi connectivity index (χ1n) is 6.90. The molecule has 0 fully saturated rings. The summed E-state index contributed by atoms with van der Waals surface area (Å²) in [6.07, 6.45) is 0.372. The molecule has 2 aromatic rings. The first-order chi connectivity index (χ1) is 10.0. The predicted molar refractivity (Wildman–Crippen MR) is 85.8 cm³/mol. The highest BCUT2D eigenvalue weighted by atomic mass is 32.1. The Morgan fingerprint density at radius 3 is 2.76 bits per heavy atom. The van der Waals surface area contributed by atoms with Crippen LogP contribution in [0.25, 0.3) is 10.6 Å². The fraction of sp³-hybridized carbons (Fsp3) is 0.375. The maximum Gasteiger partial charge on any atom is 0.225 e. The zero-order valence-electron chi connectivity index (χ0n) is 12.8. The maximum atomic E-state index is 11.9. The Morgan fingerprint density at radius 2 is 2.10 bits per heavy atom. The van der Waals surface area contributed by atoms with E-state index in [0.29, 0.717) is 6.42 Å². The number of aryl methyl sites for hydroxylation is 1. The Kier molecular flexibility index (Phi) is 4.96. The number of aromatic nitrogens is 1. The van der Waals surface area contributed by atoms with Crippen molar-refractivity contribution < 1.29 is 9.53 Å². The van der Waals surface area contributed by atoms with Gasteiger partial charge in [0.2, 0.25) is 5.91 Å². The van der Waals surface area contributed by atoms with E-state index in [2.05, 4.69) is 10.3 Å². The summed E-state index contributed by atoms with van der Waals surface area (Å²) in [4.78, 5) is 17.5. The molecule has 1 N–H and O–H groups in total. The molecule has 21 heavy (non-hydrogen) atoms. The van der Waals surface area contributed by atoms with E-state index in [0.717, 1.165) is 26.9 Å².